The fraction of sp³-hybridized carbons (Fsp3) is 0.333. The number of nitrogens with zero attached hydrogens (tertiary/aromatic N) is 1. The van der Waals surface area contributed by atoms with Crippen LogP contribution in [0.3, 0.4) is 0 Å². The Hall–Kier alpha value is -2.94. The van der Waals surface area contributed by atoms with Gasteiger partial charge in [-0.3, -0.25) is 10.1 Å². The van der Waals surface area contributed by atoms with Crippen molar-refractivity contribution in [2.24, 2.45) is 0 Å². The number of amides is 3. The lowest BCUT2D eigenvalue weighted by Crippen LogP contribution is -2.44. The number of esters is 1. The fourth-order valence-corrected chi connectivity index (χ4v) is 2.63. The van der Waals surface area contributed by atoms with E-state index < -0.39 is 24.5 Å². The molecule has 0 radical (unpaired) electrons. The summed E-state index contributed by atoms with van der Waals surface area (Å²) in [5, 5.41) is 9.92. The van der Waals surface area contributed by atoms with Crippen molar-refractivity contribution >= 4 is 34.4 Å². The molecule has 0 fully saturated rings. The van der Waals surface area contributed by atoms with Crippen LogP contribution in [-0.2, 0) is 16.1 Å². The van der Waals surface area contributed by atoms with Crippen LogP contribution in [0.5, 0.6) is 0 Å². The highest BCUT2D eigenvalue weighted by molar-refractivity contribution is 7.13. The number of rotatable bonds is 8. The molecule has 0 aliphatic rings. The Morgan fingerprint density at radius 2 is 1.96 bits per heavy atom. The van der Waals surface area contributed by atoms with Crippen LogP contribution in [0, 0.1) is 0 Å². The smallest absolute Gasteiger partial charge is 0.358 e. The van der Waals surface area contributed by atoms with E-state index in [9.17, 15) is 14.4 Å². The number of imide groups is 1. The highest BCUT2D eigenvalue weighted by Gasteiger charge is 2.16. The predicted octanol–water partition coefficient (Wildman–Crippen LogP) is 2.54. The summed E-state index contributed by atoms with van der Waals surface area (Å²) in [6, 6.07) is 9.10. The molecule has 2 aromatic rings. The minimum Gasteiger partial charge on any atom is -0.451 e. The predicted molar refractivity (Wildman–Crippen MR) is 103 cm³/mol. The number of nitrogens with one attached hydrogen (secondary N) is 3. The van der Waals surface area contributed by atoms with Gasteiger partial charge in [0.15, 0.2) is 17.4 Å². The van der Waals surface area contributed by atoms with Gasteiger partial charge in [0.05, 0.1) is 0 Å². The Labute approximate surface area is 161 Å². The van der Waals surface area contributed by atoms with Crippen molar-refractivity contribution in [3.8, 4) is 0 Å². The van der Waals surface area contributed by atoms with Gasteiger partial charge in [-0.25, -0.2) is 14.6 Å². The Morgan fingerprint density at radius 1 is 1.22 bits per heavy atom. The summed E-state index contributed by atoms with van der Waals surface area (Å²) in [5.74, 6) is -1.43. The van der Waals surface area contributed by atoms with Crippen LogP contribution < -0.4 is 16.0 Å². The van der Waals surface area contributed by atoms with E-state index in [0.717, 1.165) is 12.0 Å². The zero-order valence-corrected chi connectivity index (χ0v) is 16.0. The van der Waals surface area contributed by atoms with E-state index in [-0.39, 0.29) is 11.7 Å². The third-order valence-corrected chi connectivity index (χ3v) is 4.38. The zero-order valence-electron chi connectivity index (χ0n) is 15.2. The Balaban J connectivity index is 1.75. The second-order valence-electron chi connectivity index (χ2n) is 5.78. The second kappa shape index (κ2) is 10.3. The number of urea groups is 1. The van der Waals surface area contributed by atoms with Crippen LogP contribution in [0.1, 0.15) is 36.3 Å². The number of anilines is 1. The summed E-state index contributed by atoms with van der Waals surface area (Å²) < 4.78 is 4.88. The average Bonchev–Trinajstić information content (AvgIpc) is 3.14. The van der Waals surface area contributed by atoms with Gasteiger partial charge in [0.2, 0.25) is 0 Å². The Morgan fingerprint density at radius 3 is 2.67 bits per heavy atom. The normalized spacial score (nSPS) is 11.3. The highest BCUT2D eigenvalue weighted by atomic mass is 32.1. The fourth-order valence-electron chi connectivity index (χ4n) is 1.95. The number of carbonyl (C=O) groups excluding carboxylic acids is 3. The van der Waals surface area contributed by atoms with Crippen molar-refractivity contribution in [3.63, 3.8) is 0 Å². The molecule has 0 aliphatic heterocycles. The first-order valence-corrected chi connectivity index (χ1v) is 9.36. The molecule has 0 aliphatic carbocycles. The van der Waals surface area contributed by atoms with Gasteiger partial charge >= 0.3 is 12.0 Å². The van der Waals surface area contributed by atoms with E-state index in [2.05, 4.69) is 20.9 Å². The molecule has 0 spiro atoms. The lowest BCUT2D eigenvalue weighted by Gasteiger charge is -2.11. The SMILES string of the molecule is CC[C@H](C)NC(=O)NC(=O)COC(=O)c1csc(NCc2ccccc2)n1. The van der Waals surface area contributed by atoms with Crippen molar-refractivity contribution in [1.29, 1.82) is 0 Å². The maximum atomic E-state index is 12.0. The monoisotopic (exact) mass is 390 g/mol. The van der Waals surface area contributed by atoms with E-state index in [0.29, 0.717) is 11.7 Å². The second-order valence-corrected chi connectivity index (χ2v) is 6.64. The molecule has 1 aromatic heterocycles. The molecule has 0 saturated heterocycles. The summed E-state index contributed by atoms with van der Waals surface area (Å²) >= 11 is 1.26. The van der Waals surface area contributed by atoms with Crippen LogP contribution >= 0.6 is 11.3 Å². The van der Waals surface area contributed by atoms with Gasteiger partial charge in [-0.15, -0.1) is 11.3 Å². The molecule has 9 heteroatoms. The summed E-state index contributed by atoms with van der Waals surface area (Å²) in [7, 11) is 0. The van der Waals surface area contributed by atoms with Crippen molar-refractivity contribution in [1.82, 2.24) is 15.6 Å². The molecule has 1 atom stereocenters. The third-order valence-electron chi connectivity index (χ3n) is 3.58. The number of carbonyl (C=O) groups is 3. The maximum Gasteiger partial charge on any atom is 0.358 e. The van der Waals surface area contributed by atoms with Crippen LogP contribution in [0.25, 0.3) is 0 Å². The van der Waals surface area contributed by atoms with E-state index in [1.54, 1.807) is 5.38 Å². The zero-order chi connectivity index (χ0) is 19.6. The van der Waals surface area contributed by atoms with E-state index in [4.69, 9.17) is 4.74 Å². The number of ether oxygens (including phenoxy) is 1. The Bertz CT molecular complexity index is 779. The molecule has 1 aromatic carbocycles. The van der Waals surface area contributed by atoms with Crippen molar-refractivity contribution in [2.45, 2.75) is 32.9 Å². The number of hydrogen-bond donors (Lipinski definition) is 3. The van der Waals surface area contributed by atoms with Gasteiger partial charge in [0, 0.05) is 18.0 Å². The minimum absolute atomic E-state index is 0.0582. The molecular weight excluding hydrogens is 368 g/mol. The molecule has 0 saturated carbocycles. The standard InChI is InChI=1S/C18H22N4O4S/c1-3-12(2)20-17(25)22-15(23)10-26-16(24)14-11-27-18(21-14)19-9-13-7-5-4-6-8-13/h4-8,11-12H,3,9-10H2,1-2H3,(H,19,21)(H2,20,22,23,25)/t12-/m0/s1. The van der Waals surface area contributed by atoms with Crippen molar-refractivity contribution < 1.29 is 19.1 Å². The first-order chi connectivity index (χ1) is 13.0. The van der Waals surface area contributed by atoms with Crippen LogP contribution in [0.15, 0.2) is 35.7 Å². The minimum atomic E-state index is -0.725. The number of thiazole rings is 1. The molecule has 3 N–H and O–H groups in total. The molecular formula is C18H22N4O4S. The van der Waals surface area contributed by atoms with Gasteiger partial charge in [-0.1, -0.05) is 37.3 Å². The molecule has 0 bridgehead atoms. The first kappa shape index (κ1) is 20.4. The summed E-state index contributed by atoms with van der Waals surface area (Å²) in [6.07, 6.45) is 0.737. The van der Waals surface area contributed by atoms with E-state index in [1.807, 2.05) is 44.2 Å². The topological polar surface area (TPSA) is 109 Å². The first-order valence-electron chi connectivity index (χ1n) is 8.48. The van der Waals surface area contributed by atoms with Crippen LogP contribution in [-0.4, -0.2) is 35.5 Å². The van der Waals surface area contributed by atoms with Crippen molar-refractivity contribution in [3.05, 3.63) is 47.0 Å². The average molecular weight is 390 g/mol. The van der Waals surface area contributed by atoms with Gasteiger partial charge in [0.25, 0.3) is 5.91 Å². The van der Waals surface area contributed by atoms with Crippen LogP contribution in [0.4, 0.5) is 9.93 Å². The van der Waals surface area contributed by atoms with Gasteiger partial charge in [-0.2, -0.15) is 0 Å². The number of aromatic nitrogens is 1. The maximum absolute atomic E-state index is 12.0. The van der Waals surface area contributed by atoms with E-state index >= 15 is 0 Å². The molecule has 2 rings (SSSR count). The van der Waals surface area contributed by atoms with Crippen LogP contribution in [0.2, 0.25) is 0 Å². The molecule has 8 nitrogen and oxygen atoms in total. The largest absolute Gasteiger partial charge is 0.451 e. The van der Waals surface area contributed by atoms with Gasteiger partial charge in [0.1, 0.15) is 0 Å². The van der Waals surface area contributed by atoms with E-state index in [1.165, 1.54) is 11.3 Å². The van der Waals surface area contributed by atoms with Gasteiger partial charge in [-0.05, 0) is 18.9 Å². The van der Waals surface area contributed by atoms with Gasteiger partial charge < -0.3 is 15.4 Å². The number of benzene rings is 1. The molecule has 144 valence electrons. The highest BCUT2D eigenvalue weighted by Crippen LogP contribution is 2.17. The molecule has 27 heavy (non-hydrogen) atoms. The lowest BCUT2D eigenvalue weighted by atomic mass is 10.2. The lowest BCUT2D eigenvalue weighted by molar-refractivity contribution is -0.123. The number of hydrogen-bond acceptors (Lipinski definition) is 7. The summed E-state index contributed by atoms with van der Waals surface area (Å²) in [5.41, 5.74) is 1.19. The molecule has 3 amide bonds. The Kier molecular flexibility index (Phi) is 7.75. The third kappa shape index (κ3) is 7.06. The quantitative estimate of drug-likeness (QED) is 0.598. The summed E-state index contributed by atoms with van der Waals surface area (Å²) in [4.78, 5) is 39.3. The van der Waals surface area contributed by atoms with Crippen molar-refractivity contribution in [2.75, 3.05) is 11.9 Å². The summed E-state index contributed by atoms with van der Waals surface area (Å²) in [6.45, 7) is 3.74. The molecule has 0 unspecified atom stereocenters. The molecule has 1 heterocycles.